The van der Waals surface area contributed by atoms with E-state index in [2.05, 4.69) is 127 Å². The Hall–Kier alpha value is -6.65. The molecule has 2 aromatic heterocycles. The van der Waals surface area contributed by atoms with E-state index in [1.807, 2.05) is 48.5 Å². The van der Waals surface area contributed by atoms with E-state index in [1.54, 1.807) is 0 Å². The van der Waals surface area contributed by atoms with Gasteiger partial charge in [0.1, 0.15) is 11.2 Å². The zero-order valence-electron chi connectivity index (χ0n) is 26.5. The van der Waals surface area contributed by atoms with Crippen molar-refractivity contribution in [2.45, 2.75) is 0 Å². The van der Waals surface area contributed by atoms with Gasteiger partial charge < -0.3 is 4.42 Å². The number of nitrogens with zero attached hydrogens (tertiary/aromatic N) is 3. The van der Waals surface area contributed by atoms with Gasteiger partial charge in [0.05, 0.1) is 5.56 Å². The summed E-state index contributed by atoms with van der Waals surface area (Å²) in [6.45, 7) is 0. The summed E-state index contributed by atoms with van der Waals surface area (Å²) >= 11 is 0. The Morgan fingerprint density at radius 2 is 0.694 bits per heavy atom. The van der Waals surface area contributed by atoms with Crippen LogP contribution in [-0.2, 0) is 0 Å². The van der Waals surface area contributed by atoms with Gasteiger partial charge in [0.25, 0.3) is 0 Å². The highest BCUT2D eigenvalue weighted by molar-refractivity contribution is 6.12. The van der Waals surface area contributed by atoms with Crippen molar-refractivity contribution in [3.05, 3.63) is 176 Å². The fraction of sp³-hybridized carbons (Fsp3) is 0. The Balaban J connectivity index is 1.22. The highest BCUT2D eigenvalue weighted by Gasteiger charge is 2.19. The molecule has 9 aromatic rings. The maximum atomic E-state index is 6.84. The summed E-state index contributed by atoms with van der Waals surface area (Å²) in [5.74, 6) is 1.77. The Bertz CT molecular complexity index is 2590. The molecule has 0 saturated carbocycles. The Morgan fingerprint density at radius 1 is 0.286 bits per heavy atom. The molecule has 0 fully saturated rings. The largest absolute Gasteiger partial charge is 0.455 e. The van der Waals surface area contributed by atoms with Crippen molar-refractivity contribution in [2.24, 2.45) is 0 Å². The van der Waals surface area contributed by atoms with E-state index in [4.69, 9.17) is 19.4 Å². The molecule has 0 radical (unpaired) electrons. The predicted molar refractivity (Wildman–Crippen MR) is 200 cm³/mol. The van der Waals surface area contributed by atoms with E-state index in [9.17, 15) is 0 Å². The molecule has 0 atom stereocenters. The quantitative estimate of drug-likeness (QED) is 0.184. The molecule has 0 aliphatic rings. The van der Waals surface area contributed by atoms with Gasteiger partial charge in [-0.2, -0.15) is 0 Å². The highest BCUT2D eigenvalue weighted by Crippen LogP contribution is 2.40. The van der Waals surface area contributed by atoms with Gasteiger partial charge >= 0.3 is 0 Å². The van der Waals surface area contributed by atoms with Crippen molar-refractivity contribution in [2.75, 3.05) is 0 Å². The van der Waals surface area contributed by atoms with Crippen LogP contribution >= 0.6 is 0 Å². The molecular weight excluding hydrogens is 599 g/mol. The third kappa shape index (κ3) is 5.35. The predicted octanol–water partition coefficient (Wildman–Crippen LogP) is 11.8. The molecule has 49 heavy (non-hydrogen) atoms. The molecule has 0 bridgehead atoms. The van der Waals surface area contributed by atoms with Gasteiger partial charge in [-0.3, -0.25) is 0 Å². The first kappa shape index (κ1) is 28.6. The zero-order chi connectivity index (χ0) is 32.6. The van der Waals surface area contributed by atoms with Crippen molar-refractivity contribution in [3.8, 4) is 67.5 Å². The Kier molecular flexibility index (Phi) is 7.10. The van der Waals surface area contributed by atoms with Crippen LogP contribution in [0.15, 0.2) is 180 Å². The molecule has 4 nitrogen and oxygen atoms in total. The van der Waals surface area contributed by atoms with Crippen molar-refractivity contribution >= 4 is 21.9 Å². The Morgan fingerprint density at radius 3 is 1.31 bits per heavy atom. The summed E-state index contributed by atoms with van der Waals surface area (Å²) in [5, 5.41) is 2.07. The summed E-state index contributed by atoms with van der Waals surface area (Å²) in [5.41, 5.74) is 11.0. The molecule has 0 unspecified atom stereocenters. The first-order chi connectivity index (χ1) is 24.3. The highest BCUT2D eigenvalue weighted by atomic mass is 16.3. The second-order valence-electron chi connectivity index (χ2n) is 12.0. The van der Waals surface area contributed by atoms with E-state index in [1.165, 1.54) is 5.56 Å². The van der Waals surface area contributed by atoms with Crippen LogP contribution in [0, 0.1) is 0 Å². The summed E-state index contributed by atoms with van der Waals surface area (Å²) in [6.07, 6.45) is 0. The summed E-state index contributed by atoms with van der Waals surface area (Å²) in [4.78, 5) is 15.1. The van der Waals surface area contributed by atoms with Crippen molar-refractivity contribution in [1.82, 2.24) is 15.0 Å². The standard InChI is InChI=1S/C45H29N3O/c1-4-14-30(15-5-1)33-20-10-22-35(28-33)37-24-12-25-38-39-26-13-27-40(42(39)49-41(37)38)45-47-43(32-18-8-3-9-19-32)46-44(48-45)36-23-11-21-34(29-36)31-16-6-2-7-17-31/h1-29H. The van der Waals surface area contributed by atoms with E-state index < -0.39 is 0 Å². The Labute approximate surface area is 284 Å². The lowest BCUT2D eigenvalue weighted by Gasteiger charge is -2.10. The molecule has 2 heterocycles. The fourth-order valence-electron chi connectivity index (χ4n) is 6.53. The van der Waals surface area contributed by atoms with Gasteiger partial charge in [-0.25, -0.2) is 15.0 Å². The average Bonchev–Trinajstić information content (AvgIpc) is 3.58. The smallest absolute Gasteiger partial charge is 0.167 e. The minimum Gasteiger partial charge on any atom is -0.455 e. The number of aromatic nitrogens is 3. The SMILES string of the molecule is c1ccc(-c2cccc(-c3nc(-c4ccccc4)nc(-c4cccc5c4oc4c(-c6cccc(-c7ccccc7)c6)cccc45)n3)c2)cc1. The molecule has 0 aliphatic carbocycles. The first-order valence-electron chi connectivity index (χ1n) is 16.4. The third-order valence-corrected chi connectivity index (χ3v) is 8.94. The molecule has 4 heteroatoms. The normalized spacial score (nSPS) is 11.3. The number of benzene rings is 7. The molecule has 0 amide bonds. The van der Waals surface area contributed by atoms with Gasteiger partial charge in [-0.1, -0.05) is 158 Å². The third-order valence-electron chi connectivity index (χ3n) is 8.94. The van der Waals surface area contributed by atoms with Gasteiger partial charge in [0.15, 0.2) is 17.5 Å². The summed E-state index contributed by atoms with van der Waals surface area (Å²) in [7, 11) is 0. The molecule has 0 spiro atoms. The number of hydrogen-bond donors (Lipinski definition) is 0. The van der Waals surface area contributed by atoms with E-state index in [0.29, 0.717) is 17.5 Å². The van der Waals surface area contributed by atoms with Crippen LogP contribution in [-0.4, -0.2) is 15.0 Å². The molecule has 9 rings (SSSR count). The van der Waals surface area contributed by atoms with Crippen LogP contribution in [0.2, 0.25) is 0 Å². The van der Waals surface area contributed by atoms with Crippen LogP contribution < -0.4 is 0 Å². The van der Waals surface area contributed by atoms with Crippen molar-refractivity contribution in [1.29, 1.82) is 0 Å². The van der Waals surface area contributed by atoms with Crippen LogP contribution in [0.3, 0.4) is 0 Å². The lowest BCUT2D eigenvalue weighted by atomic mass is 9.97. The topological polar surface area (TPSA) is 51.8 Å². The van der Waals surface area contributed by atoms with Crippen LogP contribution in [0.1, 0.15) is 0 Å². The van der Waals surface area contributed by atoms with Crippen molar-refractivity contribution < 1.29 is 4.42 Å². The van der Waals surface area contributed by atoms with Gasteiger partial charge in [0.2, 0.25) is 0 Å². The molecule has 7 aromatic carbocycles. The van der Waals surface area contributed by atoms with Gasteiger partial charge in [-0.05, 0) is 46.0 Å². The van der Waals surface area contributed by atoms with Crippen LogP contribution in [0.5, 0.6) is 0 Å². The minimum absolute atomic E-state index is 0.561. The molecule has 0 saturated heterocycles. The summed E-state index contributed by atoms with van der Waals surface area (Å²) < 4.78 is 6.84. The van der Waals surface area contributed by atoms with Crippen LogP contribution in [0.4, 0.5) is 0 Å². The zero-order valence-corrected chi connectivity index (χ0v) is 26.5. The average molecular weight is 628 g/mol. The van der Waals surface area contributed by atoms with Gasteiger partial charge in [0, 0.05) is 27.5 Å². The first-order valence-corrected chi connectivity index (χ1v) is 16.4. The number of rotatable bonds is 6. The lowest BCUT2D eigenvalue weighted by Crippen LogP contribution is -2.00. The number of furan rings is 1. The van der Waals surface area contributed by atoms with E-state index in [0.717, 1.165) is 66.4 Å². The van der Waals surface area contributed by atoms with Crippen molar-refractivity contribution in [3.63, 3.8) is 0 Å². The van der Waals surface area contributed by atoms with Gasteiger partial charge in [-0.15, -0.1) is 0 Å². The van der Waals surface area contributed by atoms with Crippen LogP contribution in [0.25, 0.3) is 89.5 Å². The number of para-hydroxylation sites is 2. The lowest BCUT2D eigenvalue weighted by molar-refractivity contribution is 0.670. The number of fused-ring (bicyclic) bond motifs is 3. The second kappa shape index (κ2) is 12.2. The van der Waals surface area contributed by atoms with E-state index in [-0.39, 0.29) is 0 Å². The maximum absolute atomic E-state index is 6.84. The molecule has 230 valence electrons. The second-order valence-corrected chi connectivity index (χ2v) is 12.0. The maximum Gasteiger partial charge on any atom is 0.167 e. The molecule has 0 N–H and O–H groups in total. The molecule has 0 aliphatic heterocycles. The van der Waals surface area contributed by atoms with E-state index >= 15 is 0 Å². The minimum atomic E-state index is 0.561. The molecular formula is C45H29N3O. The monoisotopic (exact) mass is 627 g/mol. The summed E-state index contributed by atoms with van der Waals surface area (Å²) in [6, 6.07) is 60.4. The fourth-order valence-corrected chi connectivity index (χ4v) is 6.53. The number of hydrogen-bond acceptors (Lipinski definition) is 4.